The van der Waals surface area contributed by atoms with Gasteiger partial charge in [0.15, 0.2) is 11.4 Å². The molecular formula is C24H18N6O2. The monoisotopic (exact) mass is 422 g/mol. The maximum Gasteiger partial charge on any atom is 0.273 e. The summed E-state index contributed by atoms with van der Waals surface area (Å²) in [5.41, 5.74) is 4.26. The van der Waals surface area contributed by atoms with Gasteiger partial charge in [0.1, 0.15) is 0 Å². The summed E-state index contributed by atoms with van der Waals surface area (Å²) >= 11 is 0. The lowest BCUT2D eigenvalue weighted by atomic mass is 10.1. The lowest BCUT2D eigenvalue weighted by Crippen LogP contribution is -2.14. The number of aryl methyl sites for hydroxylation is 1. The normalized spacial score (nSPS) is 11.5. The van der Waals surface area contributed by atoms with Gasteiger partial charge < -0.3 is 4.42 Å². The molecule has 0 aliphatic carbocycles. The molecule has 0 bridgehead atoms. The Morgan fingerprint density at radius 3 is 2.75 bits per heavy atom. The van der Waals surface area contributed by atoms with Gasteiger partial charge in [0, 0.05) is 35.3 Å². The van der Waals surface area contributed by atoms with Gasteiger partial charge in [-0.05, 0) is 19.1 Å². The molecule has 4 aromatic heterocycles. The molecule has 6 aromatic rings. The van der Waals surface area contributed by atoms with E-state index in [1.165, 1.54) is 10.6 Å². The van der Waals surface area contributed by atoms with Crippen LogP contribution in [0.5, 0.6) is 0 Å². The molecule has 0 fully saturated rings. The highest BCUT2D eigenvalue weighted by molar-refractivity contribution is 5.84. The first kappa shape index (κ1) is 18.3. The van der Waals surface area contributed by atoms with E-state index in [0.29, 0.717) is 28.6 Å². The summed E-state index contributed by atoms with van der Waals surface area (Å²) in [6.07, 6.45) is 5.19. The Bertz CT molecular complexity index is 1640. The highest BCUT2D eigenvalue weighted by Gasteiger charge is 2.17. The molecular weight excluding hydrogens is 404 g/mol. The molecule has 32 heavy (non-hydrogen) atoms. The minimum Gasteiger partial charge on any atom is -0.436 e. The Hall–Kier alpha value is -4.46. The number of aromatic nitrogens is 6. The van der Waals surface area contributed by atoms with E-state index in [4.69, 9.17) is 9.40 Å². The lowest BCUT2D eigenvalue weighted by molar-refractivity contribution is 0.589. The third-order valence-electron chi connectivity index (χ3n) is 5.53. The van der Waals surface area contributed by atoms with E-state index in [9.17, 15) is 4.79 Å². The molecule has 0 aliphatic heterocycles. The summed E-state index contributed by atoms with van der Waals surface area (Å²) in [4.78, 5) is 22.0. The summed E-state index contributed by atoms with van der Waals surface area (Å²) in [6.45, 7) is 2.85. The first-order valence-electron chi connectivity index (χ1n) is 10.3. The third kappa shape index (κ3) is 2.84. The number of H-pyrrole nitrogens is 1. The van der Waals surface area contributed by atoms with Crippen molar-refractivity contribution in [3.05, 3.63) is 83.5 Å². The highest BCUT2D eigenvalue weighted by Crippen LogP contribution is 2.29. The van der Waals surface area contributed by atoms with Crippen molar-refractivity contribution in [3.8, 4) is 34.0 Å². The van der Waals surface area contributed by atoms with Crippen LogP contribution in [0, 0.1) is 0 Å². The van der Waals surface area contributed by atoms with Crippen molar-refractivity contribution in [2.45, 2.75) is 13.5 Å². The first-order valence-corrected chi connectivity index (χ1v) is 10.3. The Morgan fingerprint density at radius 2 is 1.91 bits per heavy atom. The maximum absolute atomic E-state index is 12.8. The fourth-order valence-corrected chi connectivity index (χ4v) is 3.92. The smallest absolute Gasteiger partial charge is 0.273 e. The Labute approximate surface area is 181 Å². The Morgan fingerprint density at radius 1 is 1.03 bits per heavy atom. The fraction of sp³-hybridized carbons (Fsp3) is 0.0833. The van der Waals surface area contributed by atoms with Crippen molar-refractivity contribution < 1.29 is 4.42 Å². The zero-order valence-electron chi connectivity index (χ0n) is 17.2. The summed E-state index contributed by atoms with van der Waals surface area (Å²) in [5, 5.41) is 8.35. The fourth-order valence-electron chi connectivity index (χ4n) is 3.92. The topological polar surface area (TPSA) is 94.0 Å². The van der Waals surface area contributed by atoms with Crippen LogP contribution in [0.15, 0.2) is 82.4 Å². The van der Waals surface area contributed by atoms with Crippen LogP contribution in [0.4, 0.5) is 0 Å². The number of rotatable bonds is 4. The van der Waals surface area contributed by atoms with E-state index in [1.54, 1.807) is 12.4 Å². The number of nitrogens with one attached hydrogen (secondary N) is 1. The molecule has 0 radical (unpaired) electrons. The molecule has 2 aromatic carbocycles. The molecule has 0 saturated heterocycles. The Balaban J connectivity index is 1.47. The van der Waals surface area contributed by atoms with Crippen molar-refractivity contribution in [3.63, 3.8) is 0 Å². The molecule has 0 saturated carbocycles. The van der Waals surface area contributed by atoms with Crippen molar-refractivity contribution in [2.75, 3.05) is 0 Å². The molecule has 0 unspecified atom stereocenters. The van der Waals surface area contributed by atoms with Gasteiger partial charge in [-0.1, -0.05) is 36.4 Å². The number of oxazole rings is 1. The maximum atomic E-state index is 12.8. The van der Waals surface area contributed by atoms with Gasteiger partial charge in [-0.15, -0.1) is 0 Å². The number of aromatic amines is 1. The minimum absolute atomic E-state index is 0.213. The molecule has 4 heterocycles. The number of hydrogen-bond donors (Lipinski definition) is 1. The average molecular weight is 422 g/mol. The average Bonchev–Trinajstić information content (AvgIpc) is 3.56. The van der Waals surface area contributed by atoms with Crippen molar-refractivity contribution in [1.82, 2.24) is 29.4 Å². The second-order valence-electron chi connectivity index (χ2n) is 7.46. The largest absolute Gasteiger partial charge is 0.436 e. The van der Waals surface area contributed by atoms with E-state index in [2.05, 4.69) is 22.1 Å². The molecule has 0 atom stereocenters. The highest BCUT2D eigenvalue weighted by atomic mass is 16.4. The number of nitrogens with zero attached hydrogens (tertiary/aromatic N) is 5. The second kappa shape index (κ2) is 7.05. The molecule has 0 aliphatic rings. The third-order valence-corrected chi connectivity index (χ3v) is 5.53. The summed E-state index contributed by atoms with van der Waals surface area (Å²) < 4.78 is 9.30. The van der Waals surface area contributed by atoms with E-state index < -0.39 is 0 Å². The van der Waals surface area contributed by atoms with Gasteiger partial charge in [-0.25, -0.2) is 14.5 Å². The molecule has 0 amide bonds. The molecule has 8 heteroatoms. The molecule has 8 nitrogen and oxygen atoms in total. The van der Waals surface area contributed by atoms with Crippen LogP contribution in [0.2, 0.25) is 0 Å². The number of benzene rings is 2. The predicted octanol–water partition coefficient (Wildman–Crippen LogP) is 4.38. The standard InChI is InChI=1S/C24H18N6O2/c1-2-29-20-9-8-16(10-17(20)12-26-29)19-11-22(31)30-23(28-19)18(13-27-30)24-25-14-21(32-24)15-6-4-3-5-7-15/h3-14,27H,2H2,1H3. The SMILES string of the molecule is CCn1ncc2cc(-c3cc(=O)n4[nH]cc(-c5ncc(-c6ccccc6)o5)c4n3)ccc21. The van der Waals surface area contributed by atoms with Gasteiger partial charge in [-0.3, -0.25) is 14.6 Å². The summed E-state index contributed by atoms with van der Waals surface area (Å²) in [5.74, 6) is 1.04. The van der Waals surface area contributed by atoms with Crippen LogP contribution in [-0.4, -0.2) is 29.4 Å². The zero-order chi connectivity index (χ0) is 21.7. The molecule has 156 valence electrons. The van der Waals surface area contributed by atoms with Crippen molar-refractivity contribution in [2.24, 2.45) is 0 Å². The van der Waals surface area contributed by atoms with Gasteiger partial charge >= 0.3 is 0 Å². The van der Waals surface area contributed by atoms with Gasteiger partial charge in [0.05, 0.1) is 29.2 Å². The summed E-state index contributed by atoms with van der Waals surface area (Å²) in [7, 11) is 0. The minimum atomic E-state index is -0.213. The van der Waals surface area contributed by atoms with E-state index in [-0.39, 0.29) is 5.56 Å². The first-order chi connectivity index (χ1) is 15.7. The molecule has 6 rings (SSSR count). The van der Waals surface area contributed by atoms with Gasteiger partial charge in [-0.2, -0.15) is 5.10 Å². The Kier molecular flexibility index (Phi) is 4.04. The van der Waals surface area contributed by atoms with Crippen LogP contribution in [0.25, 0.3) is 50.6 Å². The molecule has 0 spiro atoms. The summed E-state index contributed by atoms with van der Waals surface area (Å²) in [6, 6.07) is 17.2. The second-order valence-corrected chi connectivity index (χ2v) is 7.46. The van der Waals surface area contributed by atoms with E-state index in [0.717, 1.165) is 28.6 Å². The van der Waals surface area contributed by atoms with Crippen LogP contribution >= 0.6 is 0 Å². The van der Waals surface area contributed by atoms with E-state index in [1.807, 2.05) is 59.4 Å². The zero-order valence-corrected chi connectivity index (χ0v) is 17.2. The molecule has 1 N–H and O–H groups in total. The lowest BCUT2D eigenvalue weighted by Gasteiger charge is -2.04. The van der Waals surface area contributed by atoms with Crippen LogP contribution in [0.1, 0.15) is 6.92 Å². The van der Waals surface area contributed by atoms with Crippen LogP contribution in [-0.2, 0) is 6.54 Å². The van der Waals surface area contributed by atoms with Gasteiger partial charge in [0.25, 0.3) is 5.56 Å². The van der Waals surface area contributed by atoms with Crippen molar-refractivity contribution >= 4 is 16.6 Å². The quantitative estimate of drug-likeness (QED) is 0.455. The number of fused-ring (bicyclic) bond motifs is 2. The van der Waals surface area contributed by atoms with Crippen molar-refractivity contribution in [1.29, 1.82) is 0 Å². The van der Waals surface area contributed by atoms with Crippen LogP contribution in [0.3, 0.4) is 0 Å². The van der Waals surface area contributed by atoms with E-state index >= 15 is 0 Å². The predicted molar refractivity (Wildman–Crippen MR) is 121 cm³/mol. The van der Waals surface area contributed by atoms with Crippen LogP contribution < -0.4 is 5.56 Å². The van der Waals surface area contributed by atoms with Gasteiger partial charge in [0.2, 0.25) is 5.89 Å². The number of hydrogen-bond acceptors (Lipinski definition) is 5.